The van der Waals surface area contributed by atoms with Crippen LogP contribution in [0.15, 0.2) is 46.2 Å². The Morgan fingerprint density at radius 1 is 1.30 bits per heavy atom. The number of thiophene rings is 1. The first-order valence-corrected chi connectivity index (χ1v) is 6.98. The van der Waals surface area contributed by atoms with Crippen LogP contribution in [0.3, 0.4) is 0 Å². The first kappa shape index (κ1) is 12.9. The van der Waals surface area contributed by atoms with E-state index in [0.717, 1.165) is 10.9 Å². The lowest BCUT2D eigenvalue weighted by Gasteiger charge is -2.07. The van der Waals surface area contributed by atoms with Gasteiger partial charge in [-0.15, -0.1) is 11.3 Å². The molecule has 0 radical (unpaired) electrons. The van der Waals surface area contributed by atoms with E-state index in [1.54, 1.807) is 23.5 Å². The van der Waals surface area contributed by atoms with Crippen LogP contribution in [-0.2, 0) is 4.74 Å². The third-order valence-electron chi connectivity index (χ3n) is 3.17. The summed E-state index contributed by atoms with van der Waals surface area (Å²) in [5, 5.41) is 3.14. The maximum Gasteiger partial charge on any atom is 0.373 e. The highest BCUT2D eigenvalue weighted by atomic mass is 32.1. The lowest BCUT2D eigenvalue weighted by Crippen LogP contribution is -2.10. The maximum atomic E-state index is 11.4. The van der Waals surface area contributed by atoms with Crippen LogP contribution in [-0.4, -0.2) is 13.1 Å². The normalized spacial score (nSPS) is 12.5. The number of rotatable bonds is 3. The Bertz CT molecular complexity index is 759. The summed E-state index contributed by atoms with van der Waals surface area (Å²) in [6.45, 7) is 0. The van der Waals surface area contributed by atoms with Gasteiger partial charge >= 0.3 is 5.97 Å². The Balaban J connectivity index is 1.98. The standard InChI is InChI=1S/C15H13NO3S/c1-18-15(17)12-7-6-11(19-12)14(16)10-8-20-13-5-3-2-4-9(10)13/h2-8,14H,16H2,1H3. The van der Waals surface area contributed by atoms with E-state index in [9.17, 15) is 4.79 Å². The fourth-order valence-electron chi connectivity index (χ4n) is 2.12. The van der Waals surface area contributed by atoms with Crippen LogP contribution in [0.5, 0.6) is 0 Å². The number of nitrogens with two attached hydrogens (primary N) is 1. The molecule has 0 fully saturated rings. The zero-order valence-electron chi connectivity index (χ0n) is 10.8. The lowest BCUT2D eigenvalue weighted by atomic mass is 10.0. The summed E-state index contributed by atoms with van der Waals surface area (Å²) in [6.07, 6.45) is 0. The van der Waals surface area contributed by atoms with Crippen LogP contribution in [0.25, 0.3) is 10.1 Å². The molecule has 0 aliphatic carbocycles. The van der Waals surface area contributed by atoms with Crippen molar-refractivity contribution < 1.29 is 13.9 Å². The molecule has 20 heavy (non-hydrogen) atoms. The predicted molar refractivity (Wildman–Crippen MR) is 77.9 cm³/mol. The van der Waals surface area contributed by atoms with Crippen molar-refractivity contribution >= 4 is 27.4 Å². The second-order valence-corrected chi connectivity index (χ2v) is 5.27. The maximum absolute atomic E-state index is 11.4. The number of hydrogen-bond acceptors (Lipinski definition) is 5. The quantitative estimate of drug-likeness (QED) is 0.750. The molecule has 0 saturated heterocycles. The van der Waals surface area contributed by atoms with E-state index >= 15 is 0 Å². The largest absolute Gasteiger partial charge is 0.463 e. The monoisotopic (exact) mass is 287 g/mol. The zero-order chi connectivity index (χ0) is 14.1. The molecule has 2 heterocycles. The van der Waals surface area contributed by atoms with E-state index in [2.05, 4.69) is 10.8 Å². The van der Waals surface area contributed by atoms with Crippen molar-refractivity contribution in [3.05, 3.63) is 58.9 Å². The van der Waals surface area contributed by atoms with Crippen molar-refractivity contribution in [2.45, 2.75) is 6.04 Å². The van der Waals surface area contributed by atoms with Crippen LogP contribution >= 0.6 is 11.3 Å². The Hall–Kier alpha value is -2.11. The number of methoxy groups -OCH3 is 1. The van der Waals surface area contributed by atoms with Gasteiger partial charge in [0.1, 0.15) is 5.76 Å². The second kappa shape index (κ2) is 5.11. The van der Waals surface area contributed by atoms with Crippen molar-refractivity contribution in [2.24, 2.45) is 5.73 Å². The van der Waals surface area contributed by atoms with Gasteiger partial charge in [0, 0.05) is 4.70 Å². The molecule has 1 aromatic carbocycles. The molecule has 2 aromatic heterocycles. The molecule has 1 unspecified atom stereocenters. The molecule has 0 aliphatic heterocycles. The molecule has 5 heteroatoms. The van der Waals surface area contributed by atoms with Crippen molar-refractivity contribution in [3.8, 4) is 0 Å². The summed E-state index contributed by atoms with van der Waals surface area (Å²) >= 11 is 1.64. The second-order valence-electron chi connectivity index (χ2n) is 4.36. The summed E-state index contributed by atoms with van der Waals surface area (Å²) in [6, 6.07) is 11.0. The van der Waals surface area contributed by atoms with Gasteiger partial charge in [-0.05, 0) is 34.5 Å². The van der Waals surface area contributed by atoms with E-state index < -0.39 is 12.0 Å². The Kier molecular flexibility index (Phi) is 3.30. The molecule has 0 bridgehead atoms. The third-order valence-corrected chi connectivity index (χ3v) is 4.15. The Labute approximate surface area is 119 Å². The minimum absolute atomic E-state index is 0.164. The number of ether oxygens (including phenoxy) is 1. The van der Waals surface area contributed by atoms with E-state index in [-0.39, 0.29) is 5.76 Å². The molecule has 3 aromatic rings. The van der Waals surface area contributed by atoms with Crippen LogP contribution in [0, 0.1) is 0 Å². The number of furan rings is 1. The lowest BCUT2D eigenvalue weighted by molar-refractivity contribution is 0.0562. The van der Waals surface area contributed by atoms with E-state index in [0.29, 0.717) is 5.76 Å². The molecule has 2 N–H and O–H groups in total. The summed E-state index contributed by atoms with van der Waals surface area (Å²) < 4.78 is 11.3. The fourth-order valence-corrected chi connectivity index (χ4v) is 3.12. The number of benzene rings is 1. The predicted octanol–water partition coefficient (Wildman–Crippen LogP) is 3.33. The zero-order valence-corrected chi connectivity index (χ0v) is 11.6. The average molecular weight is 287 g/mol. The van der Waals surface area contributed by atoms with Crippen LogP contribution < -0.4 is 5.73 Å². The van der Waals surface area contributed by atoms with E-state index in [4.69, 9.17) is 10.2 Å². The number of hydrogen-bond donors (Lipinski definition) is 1. The number of esters is 1. The smallest absolute Gasteiger partial charge is 0.373 e. The first-order valence-electron chi connectivity index (χ1n) is 6.10. The van der Waals surface area contributed by atoms with Gasteiger partial charge < -0.3 is 14.9 Å². The molecule has 0 saturated carbocycles. The van der Waals surface area contributed by atoms with Gasteiger partial charge in [0.2, 0.25) is 5.76 Å². The van der Waals surface area contributed by atoms with Gasteiger partial charge in [-0.1, -0.05) is 18.2 Å². The summed E-state index contributed by atoms with van der Waals surface area (Å²) in [5.74, 6) is 0.213. The summed E-state index contributed by atoms with van der Waals surface area (Å²) in [5.41, 5.74) is 7.24. The van der Waals surface area contributed by atoms with Crippen LogP contribution in [0.2, 0.25) is 0 Å². The van der Waals surface area contributed by atoms with Crippen LogP contribution in [0.4, 0.5) is 0 Å². The summed E-state index contributed by atoms with van der Waals surface area (Å²) in [4.78, 5) is 11.4. The molecule has 0 amide bonds. The molecule has 1 atom stereocenters. The van der Waals surface area contributed by atoms with Gasteiger partial charge in [0.25, 0.3) is 0 Å². The Morgan fingerprint density at radius 2 is 2.10 bits per heavy atom. The molecule has 4 nitrogen and oxygen atoms in total. The average Bonchev–Trinajstić information content (AvgIpc) is 3.12. The fraction of sp³-hybridized carbons (Fsp3) is 0.133. The third kappa shape index (κ3) is 2.11. The van der Waals surface area contributed by atoms with Crippen LogP contribution in [0.1, 0.15) is 27.9 Å². The van der Waals surface area contributed by atoms with Crippen molar-refractivity contribution in [2.75, 3.05) is 7.11 Å². The first-order chi connectivity index (χ1) is 9.70. The highest BCUT2D eigenvalue weighted by Gasteiger charge is 2.19. The molecule has 102 valence electrons. The van der Waals surface area contributed by atoms with Crippen molar-refractivity contribution in [1.82, 2.24) is 0 Å². The molecular weight excluding hydrogens is 274 g/mol. The number of carbonyl (C=O) groups is 1. The van der Waals surface area contributed by atoms with Crippen molar-refractivity contribution in [1.29, 1.82) is 0 Å². The van der Waals surface area contributed by atoms with Gasteiger partial charge in [-0.2, -0.15) is 0 Å². The van der Waals surface area contributed by atoms with Crippen molar-refractivity contribution in [3.63, 3.8) is 0 Å². The molecular formula is C15H13NO3S. The minimum Gasteiger partial charge on any atom is -0.463 e. The number of carbonyl (C=O) groups excluding carboxylic acids is 1. The Morgan fingerprint density at radius 3 is 2.90 bits per heavy atom. The molecule has 0 spiro atoms. The van der Waals surface area contributed by atoms with Gasteiger partial charge in [-0.3, -0.25) is 0 Å². The highest BCUT2D eigenvalue weighted by Crippen LogP contribution is 2.32. The summed E-state index contributed by atoms with van der Waals surface area (Å²) in [7, 11) is 1.32. The topological polar surface area (TPSA) is 65.5 Å². The molecule has 3 rings (SSSR count). The number of fused-ring (bicyclic) bond motifs is 1. The van der Waals surface area contributed by atoms with Gasteiger partial charge in [0.15, 0.2) is 0 Å². The van der Waals surface area contributed by atoms with Gasteiger partial charge in [-0.25, -0.2) is 4.79 Å². The van der Waals surface area contributed by atoms with Gasteiger partial charge in [0.05, 0.1) is 13.2 Å². The molecule has 0 aliphatic rings. The minimum atomic E-state index is -0.501. The van der Waals surface area contributed by atoms with E-state index in [1.807, 2.05) is 23.6 Å². The SMILES string of the molecule is COC(=O)c1ccc(C(N)c2csc3ccccc23)o1. The van der Waals surface area contributed by atoms with E-state index in [1.165, 1.54) is 11.8 Å². The highest BCUT2D eigenvalue weighted by molar-refractivity contribution is 7.17.